The number of nitrogens with one attached hydrogen (secondary N) is 1. The smallest absolute Gasteiger partial charge is 0.246 e. The number of anilines is 1. The fourth-order valence-electron chi connectivity index (χ4n) is 2.30. The Bertz CT molecular complexity index is 826. The van der Waals surface area contributed by atoms with Crippen molar-refractivity contribution in [1.82, 2.24) is 20.2 Å². The maximum Gasteiger partial charge on any atom is 0.246 e. The van der Waals surface area contributed by atoms with E-state index in [1.54, 1.807) is 0 Å². The molecule has 6 heteroatoms. The summed E-state index contributed by atoms with van der Waals surface area (Å²) >= 11 is 0. The molecule has 6 nitrogen and oxygen atoms in total. The second kappa shape index (κ2) is 6.39. The van der Waals surface area contributed by atoms with E-state index in [2.05, 4.69) is 20.8 Å². The molecular formula is C17H17N5O. The van der Waals surface area contributed by atoms with Gasteiger partial charge >= 0.3 is 0 Å². The molecule has 0 saturated carbocycles. The third-order valence-corrected chi connectivity index (χ3v) is 3.52. The lowest BCUT2D eigenvalue weighted by Gasteiger charge is -2.10. The zero-order valence-electron chi connectivity index (χ0n) is 13.0. The molecule has 0 fully saturated rings. The Hall–Kier alpha value is -3.02. The van der Waals surface area contributed by atoms with E-state index >= 15 is 0 Å². The second-order valence-electron chi connectivity index (χ2n) is 5.39. The minimum Gasteiger partial charge on any atom is -0.324 e. The summed E-state index contributed by atoms with van der Waals surface area (Å²) in [4.78, 5) is 12.3. The summed E-state index contributed by atoms with van der Waals surface area (Å²) in [6, 6.07) is 15.5. The van der Waals surface area contributed by atoms with Crippen LogP contribution < -0.4 is 5.32 Å². The van der Waals surface area contributed by atoms with Gasteiger partial charge in [-0.15, -0.1) is 5.10 Å². The lowest BCUT2D eigenvalue weighted by Crippen LogP contribution is -2.20. The number of benzene rings is 2. The zero-order valence-corrected chi connectivity index (χ0v) is 13.0. The van der Waals surface area contributed by atoms with Gasteiger partial charge < -0.3 is 5.32 Å². The molecule has 1 heterocycles. The SMILES string of the molecule is Cc1ccc(C)c(NC(=O)Cn2nnnc2-c2ccccc2)c1. The van der Waals surface area contributed by atoms with E-state index in [9.17, 15) is 4.79 Å². The van der Waals surface area contributed by atoms with Gasteiger partial charge in [-0.05, 0) is 41.5 Å². The highest BCUT2D eigenvalue weighted by Crippen LogP contribution is 2.17. The first-order valence-electron chi connectivity index (χ1n) is 7.32. The van der Waals surface area contributed by atoms with Crippen LogP contribution in [0.5, 0.6) is 0 Å². The molecule has 3 rings (SSSR count). The number of amides is 1. The summed E-state index contributed by atoms with van der Waals surface area (Å²) in [5.41, 5.74) is 3.80. The van der Waals surface area contributed by atoms with Gasteiger partial charge in [0.25, 0.3) is 0 Å². The number of nitrogens with zero attached hydrogens (tertiary/aromatic N) is 4. The number of hydrogen-bond acceptors (Lipinski definition) is 4. The van der Waals surface area contributed by atoms with Crippen LogP contribution in [0.15, 0.2) is 48.5 Å². The predicted molar refractivity (Wildman–Crippen MR) is 87.8 cm³/mol. The average molecular weight is 307 g/mol. The zero-order chi connectivity index (χ0) is 16.2. The third-order valence-electron chi connectivity index (χ3n) is 3.52. The lowest BCUT2D eigenvalue weighted by atomic mass is 10.1. The van der Waals surface area contributed by atoms with E-state index in [-0.39, 0.29) is 12.5 Å². The number of aryl methyl sites for hydroxylation is 2. The van der Waals surface area contributed by atoms with Gasteiger partial charge in [-0.1, -0.05) is 42.5 Å². The molecule has 0 aliphatic heterocycles. The van der Waals surface area contributed by atoms with Crippen LogP contribution in [0.3, 0.4) is 0 Å². The summed E-state index contributed by atoms with van der Waals surface area (Å²) in [5, 5.41) is 14.5. The summed E-state index contributed by atoms with van der Waals surface area (Å²) in [6.45, 7) is 4.01. The summed E-state index contributed by atoms with van der Waals surface area (Å²) < 4.78 is 1.50. The number of aromatic nitrogens is 4. The van der Waals surface area contributed by atoms with Crippen LogP contribution in [0.1, 0.15) is 11.1 Å². The highest BCUT2D eigenvalue weighted by atomic mass is 16.2. The predicted octanol–water partition coefficient (Wildman–Crippen LogP) is 2.60. The van der Waals surface area contributed by atoms with E-state index in [1.807, 2.05) is 62.4 Å². The van der Waals surface area contributed by atoms with Crippen molar-refractivity contribution >= 4 is 11.6 Å². The maximum absolute atomic E-state index is 12.3. The van der Waals surface area contributed by atoms with Gasteiger partial charge in [-0.2, -0.15) is 0 Å². The Morgan fingerprint density at radius 1 is 1.13 bits per heavy atom. The van der Waals surface area contributed by atoms with Crippen molar-refractivity contribution in [1.29, 1.82) is 0 Å². The minimum atomic E-state index is -0.164. The molecule has 1 amide bonds. The van der Waals surface area contributed by atoms with Crippen molar-refractivity contribution in [2.24, 2.45) is 0 Å². The van der Waals surface area contributed by atoms with Gasteiger partial charge in [-0.3, -0.25) is 4.79 Å². The van der Waals surface area contributed by atoms with Crippen LogP contribution in [0, 0.1) is 13.8 Å². The maximum atomic E-state index is 12.3. The third kappa shape index (κ3) is 3.42. The number of carbonyl (C=O) groups excluding carboxylic acids is 1. The van der Waals surface area contributed by atoms with Gasteiger partial charge in [0.05, 0.1) is 0 Å². The van der Waals surface area contributed by atoms with Crippen LogP contribution in [0.25, 0.3) is 11.4 Å². The molecule has 0 aliphatic rings. The molecule has 1 N–H and O–H groups in total. The van der Waals surface area contributed by atoms with Crippen LogP contribution in [0.4, 0.5) is 5.69 Å². The van der Waals surface area contributed by atoms with Crippen molar-refractivity contribution in [2.75, 3.05) is 5.32 Å². The van der Waals surface area contributed by atoms with Gasteiger partial charge in [0.2, 0.25) is 5.91 Å². The Morgan fingerprint density at radius 3 is 2.70 bits per heavy atom. The molecule has 0 spiro atoms. The first-order valence-corrected chi connectivity index (χ1v) is 7.32. The van der Waals surface area contributed by atoms with Crippen LogP contribution in [-0.4, -0.2) is 26.1 Å². The van der Waals surface area contributed by atoms with Gasteiger partial charge in [0.1, 0.15) is 6.54 Å². The molecule has 0 saturated heterocycles. The van der Waals surface area contributed by atoms with Gasteiger partial charge in [0.15, 0.2) is 5.82 Å². The minimum absolute atomic E-state index is 0.0601. The second-order valence-corrected chi connectivity index (χ2v) is 5.39. The number of rotatable bonds is 4. The normalized spacial score (nSPS) is 10.5. The highest BCUT2D eigenvalue weighted by molar-refractivity contribution is 5.91. The molecule has 1 aromatic heterocycles. The van der Waals surface area contributed by atoms with E-state index < -0.39 is 0 Å². The van der Waals surface area contributed by atoms with E-state index in [0.717, 1.165) is 22.4 Å². The van der Waals surface area contributed by atoms with Gasteiger partial charge in [0, 0.05) is 11.3 Å². The summed E-state index contributed by atoms with van der Waals surface area (Å²) in [7, 11) is 0. The molecular weight excluding hydrogens is 290 g/mol. The molecule has 0 radical (unpaired) electrons. The quantitative estimate of drug-likeness (QED) is 0.804. The Labute approximate surface area is 134 Å². The Morgan fingerprint density at radius 2 is 1.91 bits per heavy atom. The number of carbonyl (C=O) groups is 1. The summed E-state index contributed by atoms with van der Waals surface area (Å²) in [5.74, 6) is 0.407. The van der Waals surface area contributed by atoms with E-state index in [4.69, 9.17) is 0 Å². The monoisotopic (exact) mass is 307 g/mol. The number of hydrogen-bond donors (Lipinski definition) is 1. The first kappa shape index (κ1) is 14.9. The Kier molecular flexibility index (Phi) is 4.14. The van der Waals surface area contributed by atoms with Crippen LogP contribution in [0.2, 0.25) is 0 Å². The molecule has 0 bridgehead atoms. The highest BCUT2D eigenvalue weighted by Gasteiger charge is 2.13. The molecule has 0 atom stereocenters. The molecule has 0 unspecified atom stereocenters. The number of tetrazole rings is 1. The average Bonchev–Trinajstić information content (AvgIpc) is 3.00. The fourth-order valence-corrected chi connectivity index (χ4v) is 2.30. The van der Waals surface area contributed by atoms with Crippen molar-refractivity contribution in [3.05, 3.63) is 59.7 Å². The summed E-state index contributed by atoms with van der Waals surface area (Å²) in [6.07, 6.45) is 0. The first-order chi connectivity index (χ1) is 11.1. The van der Waals surface area contributed by atoms with Crippen LogP contribution in [-0.2, 0) is 11.3 Å². The largest absolute Gasteiger partial charge is 0.324 e. The van der Waals surface area contributed by atoms with Crippen molar-refractivity contribution in [3.63, 3.8) is 0 Å². The lowest BCUT2D eigenvalue weighted by molar-refractivity contribution is -0.116. The molecule has 23 heavy (non-hydrogen) atoms. The molecule has 0 aliphatic carbocycles. The molecule has 116 valence electrons. The standard InChI is InChI=1S/C17H17N5O/c1-12-8-9-13(2)15(10-12)18-16(23)11-22-17(19-20-21-22)14-6-4-3-5-7-14/h3-10H,11H2,1-2H3,(H,18,23). The topological polar surface area (TPSA) is 72.7 Å². The molecule has 3 aromatic rings. The van der Waals surface area contributed by atoms with Crippen molar-refractivity contribution < 1.29 is 4.79 Å². The fraction of sp³-hybridized carbons (Fsp3) is 0.176. The van der Waals surface area contributed by atoms with Crippen LogP contribution >= 0.6 is 0 Å². The van der Waals surface area contributed by atoms with E-state index in [1.165, 1.54) is 4.68 Å². The van der Waals surface area contributed by atoms with Gasteiger partial charge in [-0.25, -0.2) is 4.68 Å². The van der Waals surface area contributed by atoms with Crippen molar-refractivity contribution in [3.8, 4) is 11.4 Å². The Balaban J connectivity index is 1.77. The molecule has 2 aromatic carbocycles. The van der Waals surface area contributed by atoms with Crippen molar-refractivity contribution in [2.45, 2.75) is 20.4 Å². The van der Waals surface area contributed by atoms with E-state index in [0.29, 0.717) is 5.82 Å².